The zero-order valence-corrected chi connectivity index (χ0v) is 20.7. The Bertz CT molecular complexity index is 1250. The van der Waals surface area contributed by atoms with Gasteiger partial charge in [-0.2, -0.15) is 0 Å². The van der Waals surface area contributed by atoms with E-state index in [1.54, 1.807) is 28.8 Å². The van der Waals surface area contributed by atoms with Crippen LogP contribution in [0.3, 0.4) is 0 Å². The Morgan fingerprint density at radius 3 is 2.51 bits per heavy atom. The number of nitrogens with zero attached hydrogens (tertiary/aromatic N) is 4. The lowest BCUT2D eigenvalue weighted by Gasteiger charge is -2.25. The molecular weight excluding hydrogens is 485 g/mol. The van der Waals surface area contributed by atoms with Crippen LogP contribution in [0.25, 0.3) is 0 Å². The number of piperidine rings is 1. The molecule has 1 aromatic heterocycles. The van der Waals surface area contributed by atoms with E-state index in [1.807, 2.05) is 0 Å². The predicted octanol–water partition coefficient (Wildman–Crippen LogP) is 5.01. The van der Waals surface area contributed by atoms with Crippen molar-refractivity contribution in [3.05, 3.63) is 77.7 Å². The maximum absolute atomic E-state index is 13.1. The Hall–Kier alpha value is -3.53. The van der Waals surface area contributed by atoms with Crippen LogP contribution < -0.4 is 9.47 Å². The third-order valence-electron chi connectivity index (χ3n) is 7.00. The molecule has 37 heavy (non-hydrogen) atoms. The third kappa shape index (κ3) is 6.43. The molecule has 0 spiro atoms. The van der Waals surface area contributed by atoms with Gasteiger partial charge in [0.25, 0.3) is 0 Å². The number of alkyl halides is 3. The van der Waals surface area contributed by atoms with E-state index in [9.17, 15) is 18.0 Å². The molecule has 2 aromatic carbocycles. The maximum Gasteiger partial charge on any atom is 0.573 e. The van der Waals surface area contributed by atoms with E-state index in [0.29, 0.717) is 29.9 Å². The monoisotopic (exact) mass is 514 g/mol. The second-order valence-corrected chi connectivity index (χ2v) is 10.00. The maximum atomic E-state index is 13.1. The highest BCUT2D eigenvalue weighted by atomic mass is 19.4. The van der Waals surface area contributed by atoms with Crippen molar-refractivity contribution < 1.29 is 27.4 Å². The number of rotatable bonds is 8. The Morgan fingerprint density at radius 1 is 1.11 bits per heavy atom. The van der Waals surface area contributed by atoms with Crippen molar-refractivity contribution >= 4 is 6.09 Å². The Labute approximate surface area is 213 Å². The second kappa shape index (κ2) is 10.1. The van der Waals surface area contributed by atoms with Gasteiger partial charge in [0, 0.05) is 39.8 Å². The number of aryl methyl sites for hydroxylation is 2. The summed E-state index contributed by atoms with van der Waals surface area (Å²) in [7, 11) is 1.77. The first kappa shape index (κ1) is 25.1. The van der Waals surface area contributed by atoms with Crippen molar-refractivity contribution in [3.8, 4) is 11.6 Å². The van der Waals surface area contributed by atoms with Crippen LogP contribution in [-0.4, -0.2) is 51.4 Å². The molecule has 0 radical (unpaired) electrons. The highest BCUT2D eigenvalue weighted by molar-refractivity contribution is 5.70. The Kier molecular flexibility index (Phi) is 6.85. The van der Waals surface area contributed by atoms with E-state index in [1.165, 1.54) is 35.7 Å². The number of hydrogen-bond donors (Lipinski definition) is 0. The van der Waals surface area contributed by atoms with Crippen LogP contribution in [0, 0.1) is 24.7 Å². The van der Waals surface area contributed by atoms with E-state index in [2.05, 4.69) is 45.8 Å². The van der Waals surface area contributed by atoms with Gasteiger partial charge in [0.2, 0.25) is 5.88 Å². The lowest BCUT2D eigenvalue weighted by molar-refractivity contribution is -0.274. The molecule has 2 atom stereocenters. The van der Waals surface area contributed by atoms with Crippen LogP contribution in [-0.2, 0) is 20.1 Å². The first-order valence-corrected chi connectivity index (χ1v) is 12.2. The summed E-state index contributed by atoms with van der Waals surface area (Å²) in [4.78, 5) is 21.1. The van der Waals surface area contributed by atoms with Crippen LogP contribution in [0.1, 0.15) is 16.7 Å². The summed E-state index contributed by atoms with van der Waals surface area (Å²) >= 11 is 0. The van der Waals surface area contributed by atoms with Crippen LogP contribution in [0.4, 0.5) is 18.0 Å². The SMILES string of the molecule is Cc1cccc(CN2CC3C(C2)C3CN(Cc2cccc(OC(F)(F)F)c2)C(=O)Oc2cn(C)cn2)c1. The van der Waals surface area contributed by atoms with Gasteiger partial charge < -0.3 is 18.9 Å². The van der Waals surface area contributed by atoms with Gasteiger partial charge in [-0.1, -0.05) is 42.0 Å². The van der Waals surface area contributed by atoms with Crippen molar-refractivity contribution in [1.82, 2.24) is 19.4 Å². The number of amides is 1. The first-order chi connectivity index (χ1) is 17.6. The number of carbonyl (C=O) groups excluding carboxylic acids is 1. The average Bonchev–Trinajstić information content (AvgIpc) is 3.10. The van der Waals surface area contributed by atoms with Gasteiger partial charge in [0.1, 0.15) is 5.75 Å². The molecular formula is C27H29F3N4O3. The molecule has 3 aromatic rings. The fourth-order valence-corrected chi connectivity index (χ4v) is 5.32. The number of aromatic nitrogens is 2. The number of likely N-dealkylation sites (tertiary alicyclic amines) is 1. The molecule has 0 N–H and O–H groups in total. The molecule has 1 saturated carbocycles. The molecule has 2 fully saturated rings. The number of fused-ring (bicyclic) bond motifs is 1. The minimum Gasteiger partial charge on any atom is -0.406 e. The Morgan fingerprint density at radius 2 is 1.84 bits per heavy atom. The summed E-state index contributed by atoms with van der Waals surface area (Å²) in [6.45, 7) is 5.47. The third-order valence-corrected chi connectivity index (χ3v) is 7.00. The molecule has 1 aliphatic carbocycles. The van der Waals surface area contributed by atoms with Crippen LogP contribution >= 0.6 is 0 Å². The summed E-state index contributed by atoms with van der Waals surface area (Å²) in [5.41, 5.74) is 3.05. The first-order valence-electron chi connectivity index (χ1n) is 12.2. The number of imidazole rings is 1. The van der Waals surface area contributed by atoms with Gasteiger partial charge in [-0.3, -0.25) is 4.90 Å². The lowest BCUT2D eigenvalue weighted by atomic mass is 10.1. The van der Waals surface area contributed by atoms with E-state index >= 15 is 0 Å². The van der Waals surface area contributed by atoms with E-state index < -0.39 is 12.5 Å². The molecule has 7 nitrogen and oxygen atoms in total. The minimum atomic E-state index is -4.79. The van der Waals surface area contributed by atoms with Gasteiger partial charge in [-0.05, 0) is 47.9 Å². The lowest BCUT2D eigenvalue weighted by Crippen LogP contribution is -2.36. The highest BCUT2D eigenvalue weighted by Gasteiger charge is 2.56. The smallest absolute Gasteiger partial charge is 0.406 e. The molecule has 10 heteroatoms. The summed E-state index contributed by atoms with van der Waals surface area (Å²) < 4.78 is 49.3. The van der Waals surface area contributed by atoms with E-state index in [0.717, 1.165) is 19.6 Å². The molecule has 1 saturated heterocycles. The standard InChI is InChI=1S/C27H29F3N4O3/c1-18-5-3-6-19(9-18)11-33-13-22-23(14-33)24(22)15-34(26(35)36-25-16-32(2)17-31-25)12-20-7-4-8-21(10-20)37-27(28,29)30/h3-10,16-17,22-24H,11-15H2,1-2H3. The molecule has 2 aliphatic rings. The summed E-state index contributed by atoms with van der Waals surface area (Å²) in [6, 6.07) is 14.2. The van der Waals surface area contributed by atoms with Gasteiger partial charge >= 0.3 is 12.5 Å². The van der Waals surface area contributed by atoms with Crippen molar-refractivity contribution in [2.75, 3.05) is 19.6 Å². The minimum absolute atomic E-state index is 0.101. The quantitative estimate of drug-likeness (QED) is 0.423. The van der Waals surface area contributed by atoms with E-state index in [4.69, 9.17) is 4.74 Å². The highest BCUT2D eigenvalue weighted by Crippen LogP contribution is 2.52. The molecule has 2 unspecified atom stereocenters. The fraction of sp³-hybridized carbons (Fsp3) is 0.407. The topological polar surface area (TPSA) is 59.8 Å². The van der Waals surface area contributed by atoms with Crippen molar-refractivity contribution in [3.63, 3.8) is 0 Å². The van der Waals surface area contributed by atoms with Gasteiger partial charge in [0.05, 0.1) is 12.5 Å². The number of ether oxygens (including phenoxy) is 2. The number of hydrogen-bond acceptors (Lipinski definition) is 5. The number of benzene rings is 2. The number of halogens is 3. The zero-order valence-electron chi connectivity index (χ0n) is 20.7. The Balaban J connectivity index is 1.24. The summed E-state index contributed by atoms with van der Waals surface area (Å²) in [6.07, 6.45) is -2.25. The van der Waals surface area contributed by atoms with Crippen LogP contribution in [0.15, 0.2) is 61.1 Å². The van der Waals surface area contributed by atoms with Crippen LogP contribution in [0.2, 0.25) is 0 Å². The van der Waals surface area contributed by atoms with Gasteiger partial charge in [-0.15, -0.1) is 13.2 Å². The largest absolute Gasteiger partial charge is 0.573 e. The molecule has 1 aliphatic heterocycles. The van der Waals surface area contributed by atoms with Crippen LogP contribution in [0.5, 0.6) is 11.6 Å². The van der Waals surface area contributed by atoms with Crippen molar-refractivity contribution in [2.45, 2.75) is 26.4 Å². The molecule has 0 bridgehead atoms. The van der Waals surface area contributed by atoms with Gasteiger partial charge in [-0.25, -0.2) is 9.78 Å². The fourth-order valence-electron chi connectivity index (χ4n) is 5.32. The molecule has 196 valence electrons. The normalized spacial score (nSPS) is 20.9. The molecule has 1 amide bonds. The molecule has 2 heterocycles. The van der Waals surface area contributed by atoms with Crippen molar-refractivity contribution in [1.29, 1.82) is 0 Å². The molecule has 5 rings (SSSR count). The van der Waals surface area contributed by atoms with E-state index in [-0.39, 0.29) is 18.2 Å². The zero-order chi connectivity index (χ0) is 26.2. The second-order valence-electron chi connectivity index (χ2n) is 10.00. The average molecular weight is 515 g/mol. The number of carbonyl (C=O) groups is 1. The predicted molar refractivity (Wildman–Crippen MR) is 130 cm³/mol. The van der Waals surface area contributed by atoms with Gasteiger partial charge in [0.15, 0.2) is 0 Å². The summed E-state index contributed by atoms with van der Waals surface area (Å²) in [5, 5.41) is 0. The van der Waals surface area contributed by atoms with Crippen molar-refractivity contribution in [2.24, 2.45) is 24.8 Å². The summed E-state index contributed by atoms with van der Waals surface area (Å²) in [5.74, 6) is 1.13.